The van der Waals surface area contributed by atoms with E-state index in [2.05, 4.69) is 5.32 Å². The molecule has 2 amide bonds. The Balaban J connectivity index is 2.06. The monoisotopic (exact) mass is 312 g/mol. The molecular formula is C18H20N2O3. The summed E-state index contributed by atoms with van der Waals surface area (Å²) in [4.78, 5) is 23.0. The minimum absolute atomic E-state index is 0.100. The minimum atomic E-state index is -0.750. The van der Waals surface area contributed by atoms with E-state index in [-0.39, 0.29) is 12.5 Å². The van der Waals surface area contributed by atoms with E-state index in [4.69, 9.17) is 10.5 Å². The maximum atomic E-state index is 11.5. The number of nitrogens with one attached hydrogen (secondary N) is 1. The van der Waals surface area contributed by atoms with Gasteiger partial charge in [-0.25, -0.2) is 0 Å². The van der Waals surface area contributed by atoms with Crippen molar-refractivity contribution in [3.63, 3.8) is 0 Å². The van der Waals surface area contributed by atoms with Gasteiger partial charge in [-0.1, -0.05) is 54.6 Å². The maximum absolute atomic E-state index is 11.5. The molecule has 23 heavy (non-hydrogen) atoms. The van der Waals surface area contributed by atoms with Gasteiger partial charge in [-0.3, -0.25) is 9.59 Å². The lowest BCUT2D eigenvalue weighted by atomic mass is 10.0. The Morgan fingerprint density at radius 3 is 2.22 bits per heavy atom. The zero-order valence-corrected chi connectivity index (χ0v) is 13.0. The summed E-state index contributed by atoms with van der Waals surface area (Å²) in [5, 5.41) is 2.57. The highest BCUT2D eigenvalue weighted by Gasteiger charge is 2.18. The van der Waals surface area contributed by atoms with E-state index < -0.39 is 11.9 Å². The minimum Gasteiger partial charge on any atom is -0.375 e. The van der Waals surface area contributed by atoms with Crippen molar-refractivity contribution in [3.05, 3.63) is 60.2 Å². The predicted molar refractivity (Wildman–Crippen MR) is 88.6 cm³/mol. The molecule has 0 saturated carbocycles. The average molecular weight is 312 g/mol. The van der Waals surface area contributed by atoms with Crippen molar-refractivity contribution >= 4 is 11.8 Å². The number of hydrogen-bond donors (Lipinski definition) is 2. The van der Waals surface area contributed by atoms with Crippen LogP contribution in [-0.4, -0.2) is 31.6 Å². The molecule has 5 nitrogen and oxygen atoms in total. The summed E-state index contributed by atoms with van der Waals surface area (Å²) in [5.41, 5.74) is 8.49. The van der Waals surface area contributed by atoms with Gasteiger partial charge < -0.3 is 15.8 Å². The highest BCUT2D eigenvalue weighted by molar-refractivity contribution is 5.87. The summed E-state index contributed by atoms with van der Waals surface area (Å²) in [5.74, 6) is -0.932. The standard InChI is InChI=1S/C18H20N2O3/c1-23-12-17(21)20-16(18(19)22)11-13-7-9-15(10-8-13)14-5-3-2-4-6-14/h2-10,16H,11-12H2,1H3,(H2,19,22)(H,20,21)/t16-/m0/s1. The first kappa shape index (κ1) is 16.7. The Morgan fingerprint density at radius 2 is 1.65 bits per heavy atom. The fourth-order valence-electron chi connectivity index (χ4n) is 2.29. The molecule has 2 aromatic rings. The summed E-state index contributed by atoms with van der Waals surface area (Å²) in [6.07, 6.45) is 0.347. The van der Waals surface area contributed by atoms with Crippen molar-refractivity contribution in [2.75, 3.05) is 13.7 Å². The van der Waals surface area contributed by atoms with Gasteiger partial charge in [-0.15, -0.1) is 0 Å². The summed E-state index contributed by atoms with van der Waals surface area (Å²) in [6.45, 7) is -0.100. The van der Waals surface area contributed by atoms with Gasteiger partial charge in [0.15, 0.2) is 0 Å². The number of rotatable bonds is 7. The second-order valence-electron chi connectivity index (χ2n) is 5.22. The third kappa shape index (κ3) is 4.93. The second kappa shape index (κ2) is 8.10. The van der Waals surface area contributed by atoms with Crippen molar-refractivity contribution < 1.29 is 14.3 Å². The molecule has 0 spiro atoms. The molecule has 0 aliphatic carbocycles. The van der Waals surface area contributed by atoms with E-state index in [9.17, 15) is 9.59 Å². The number of primary amides is 1. The molecule has 2 aromatic carbocycles. The first-order valence-electron chi connectivity index (χ1n) is 7.32. The van der Waals surface area contributed by atoms with Crippen LogP contribution >= 0.6 is 0 Å². The summed E-state index contributed by atoms with van der Waals surface area (Å²) in [7, 11) is 1.42. The SMILES string of the molecule is COCC(=O)N[C@@H](Cc1ccc(-c2ccccc2)cc1)C(N)=O. The van der Waals surface area contributed by atoms with Gasteiger partial charge in [0.1, 0.15) is 12.6 Å². The zero-order valence-electron chi connectivity index (χ0n) is 13.0. The van der Waals surface area contributed by atoms with Gasteiger partial charge in [0.05, 0.1) is 0 Å². The fourth-order valence-corrected chi connectivity index (χ4v) is 2.29. The number of benzene rings is 2. The van der Waals surface area contributed by atoms with Gasteiger partial charge in [-0.2, -0.15) is 0 Å². The van der Waals surface area contributed by atoms with E-state index in [0.717, 1.165) is 16.7 Å². The predicted octanol–water partition coefficient (Wildman–Crippen LogP) is 1.51. The molecule has 0 fully saturated rings. The number of ether oxygens (including phenoxy) is 1. The summed E-state index contributed by atoms with van der Waals surface area (Å²) < 4.78 is 4.74. The molecule has 0 heterocycles. The number of methoxy groups -OCH3 is 1. The molecule has 0 aromatic heterocycles. The first-order valence-corrected chi connectivity index (χ1v) is 7.32. The number of nitrogens with two attached hydrogens (primary N) is 1. The van der Waals surface area contributed by atoms with Gasteiger partial charge in [0.25, 0.3) is 0 Å². The number of hydrogen-bond acceptors (Lipinski definition) is 3. The van der Waals surface area contributed by atoms with Crippen LogP contribution < -0.4 is 11.1 Å². The van der Waals surface area contributed by atoms with Crippen molar-refractivity contribution in [1.82, 2.24) is 5.32 Å². The average Bonchev–Trinajstić information content (AvgIpc) is 2.56. The van der Waals surface area contributed by atoms with Crippen LogP contribution in [0.5, 0.6) is 0 Å². The van der Waals surface area contributed by atoms with E-state index in [0.29, 0.717) is 6.42 Å². The lowest BCUT2D eigenvalue weighted by Crippen LogP contribution is -2.46. The van der Waals surface area contributed by atoms with Crippen LogP contribution in [0.4, 0.5) is 0 Å². The molecule has 3 N–H and O–H groups in total. The normalized spacial score (nSPS) is 11.7. The topological polar surface area (TPSA) is 81.4 Å². The molecule has 120 valence electrons. The van der Waals surface area contributed by atoms with Crippen LogP contribution in [0.25, 0.3) is 11.1 Å². The quantitative estimate of drug-likeness (QED) is 0.813. The molecule has 0 saturated heterocycles. The van der Waals surface area contributed by atoms with Crippen LogP contribution in [0.15, 0.2) is 54.6 Å². The zero-order chi connectivity index (χ0) is 16.7. The first-order chi connectivity index (χ1) is 11.1. The third-order valence-electron chi connectivity index (χ3n) is 3.45. The highest BCUT2D eigenvalue weighted by atomic mass is 16.5. The molecule has 0 aliphatic rings. The molecule has 1 atom stereocenters. The summed E-state index contributed by atoms with van der Waals surface area (Å²) in [6, 6.07) is 17.1. The largest absolute Gasteiger partial charge is 0.375 e. The van der Waals surface area contributed by atoms with E-state index in [1.165, 1.54) is 7.11 Å². The Morgan fingerprint density at radius 1 is 1.04 bits per heavy atom. The molecule has 0 bridgehead atoms. The van der Waals surface area contributed by atoms with Crippen LogP contribution in [0, 0.1) is 0 Å². The maximum Gasteiger partial charge on any atom is 0.246 e. The third-order valence-corrected chi connectivity index (χ3v) is 3.45. The van der Waals surface area contributed by atoms with Crippen molar-refractivity contribution in [3.8, 4) is 11.1 Å². The van der Waals surface area contributed by atoms with Crippen molar-refractivity contribution in [1.29, 1.82) is 0 Å². The van der Waals surface area contributed by atoms with E-state index >= 15 is 0 Å². The van der Waals surface area contributed by atoms with Gasteiger partial charge in [0.2, 0.25) is 11.8 Å². The number of amides is 2. The molecular weight excluding hydrogens is 292 g/mol. The lowest BCUT2D eigenvalue weighted by molar-refractivity contribution is -0.129. The van der Waals surface area contributed by atoms with E-state index in [1.807, 2.05) is 54.6 Å². The molecule has 0 aliphatic heterocycles. The van der Waals surface area contributed by atoms with Crippen LogP contribution in [0.1, 0.15) is 5.56 Å². The molecule has 2 rings (SSSR count). The molecule has 0 radical (unpaired) electrons. The number of carbonyl (C=O) groups excluding carboxylic acids is 2. The molecule has 0 unspecified atom stereocenters. The van der Waals surface area contributed by atoms with Crippen LogP contribution in [0.3, 0.4) is 0 Å². The smallest absolute Gasteiger partial charge is 0.246 e. The Labute approximate surface area is 135 Å². The van der Waals surface area contributed by atoms with Crippen molar-refractivity contribution in [2.45, 2.75) is 12.5 Å². The van der Waals surface area contributed by atoms with Gasteiger partial charge in [-0.05, 0) is 16.7 Å². The highest BCUT2D eigenvalue weighted by Crippen LogP contribution is 2.19. The Kier molecular flexibility index (Phi) is 5.88. The second-order valence-corrected chi connectivity index (χ2v) is 5.22. The van der Waals surface area contributed by atoms with Crippen LogP contribution in [-0.2, 0) is 20.7 Å². The molecule has 5 heteroatoms. The summed E-state index contributed by atoms with van der Waals surface area (Å²) >= 11 is 0. The van der Waals surface area contributed by atoms with Gasteiger partial charge in [0, 0.05) is 13.5 Å². The van der Waals surface area contributed by atoms with E-state index in [1.54, 1.807) is 0 Å². The van der Waals surface area contributed by atoms with Crippen LogP contribution in [0.2, 0.25) is 0 Å². The fraction of sp³-hybridized carbons (Fsp3) is 0.222. The Bertz CT molecular complexity index is 654. The number of carbonyl (C=O) groups is 2. The Hall–Kier alpha value is -2.66. The van der Waals surface area contributed by atoms with Gasteiger partial charge >= 0.3 is 0 Å². The lowest BCUT2D eigenvalue weighted by Gasteiger charge is -2.15. The van der Waals surface area contributed by atoms with Crippen molar-refractivity contribution in [2.24, 2.45) is 5.73 Å².